The van der Waals surface area contributed by atoms with Crippen LogP contribution in [0, 0.1) is 13.8 Å². The number of aryl methyl sites for hydroxylation is 2. The van der Waals surface area contributed by atoms with Gasteiger partial charge in [0, 0.05) is 31.2 Å². The predicted octanol–water partition coefficient (Wildman–Crippen LogP) is 0.353. The molecule has 1 saturated heterocycles. The lowest BCUT2D eigenvalue weighted by molar-refractivity contribution is 0.362. The van der Waals surface area contributed by atoms with Crippen LogP contribution < -0.4 is 10.6 Å². The van der Waals surface area contributed by atoms with Crippen molar-refractivity contribution >= 4 is 0 Å². The quantitative estimate of drug-likeness (QED) is 0.706. The fraction of sp³-hybridized carbons (Fsp3) is 0.667. The summed E-state index contributed by atoms with van der Waals surface area (Å²) in [5.41, 5.74) is 2.20. The Bertz CT molecular complexity index is 272. The van der Waals surface area contributed by atoms with E-state index in [1.54, 1.807) is 0 Å². The molecule has 0 radical (unpaired) electrons. The molecule has 0 aliphatic carbocycles. The number of hydrogen-bond acceptors (Lipinski definition) is 4. The first kappa shape index (κ1) is 8.72. The molecule has 2 rings (SSSR count). The summed E-state index contributed by atoms with van der Waals surface area (Å²) in [6, 6.07) is 0.619. The van der Waals surface area contributed by atoms with E-state index in [0.29, 0.717) is 6.04 Å². The molecule has 0 saturated carbocycles. The molecule has 1 fully saturated rings. The highest BCUT2D eigenvalue weighted by Crippen LogP contribution is 2.11. The summed E-state index contributed by atoms with van der Waals surface area (Å²) in [5, 5.41) is 10.6. The van der Waals surface area contributed by atoms with Gasteiger partial charge in [0.1, 0.15) is 5.76 Å². The third-order valence-electron chi connectivity index (χ3n) is 2.53. The lowest BCUT2D eigenvalue weighted by Gasteiger charge is -2.28. The Kier molecular flexibility index (Phi) is 2.33. The summed E-state index contributed by atoms with van der Waals surface area (Å²) in [6.45, 7) is 6.95. The molecule has 2 N–H and O–H groups in total. The van der Waals surface area contributed by atoms with Gasteiger partial charge in [-0.25, -0.2) is 0 Å². The van der Waals surface area contributed by atoms with E-state index >= 15 is 0 Å². The van der Waals surface area contributed by atoms with Crippen LogP contribution in [0.25, 0.3) is 0 Å². The molecule has 0 aromatic carbocycles. The van der Waals surface area contributed by atoms with E-state index in [2.05, 4.69) is 15.8 Å². The Morgan fingerprint density at radius 2 is 2.31 bits per heavy atom. The van der Waals surface area contributed by atoms with Crippen LogP contribution in [0.2, 0.25) is 0 Å². The summed E-state index contributed by atoms with van der Waals surface area (Å²) in [5.74, 6) is 0.928. The van der Waals surface area contributed by atoms with Gasteiger partial charge in [0.05, 0.1) is 5.69 Å². The van der Waals surface area contributed by atoms with Crippen molar-refractivity contribution in [3.05, 3.63) is 17.0 Å². The average Bonchev–Trinajstić information content (AvgIpc) is 2.32. The molecule has 1 aliphatic rings. The lowest BCUT2D eigenvalue weighted by Crippen LogP contribution is -2.55. The van der Waals surface area contributed by atoms with E-state index in [4.69, 9.17) is 4.52 Å². The molecule has 4 heteroatoms. The zero-order valence-corrected chi connectivity index (χ0v) is 8.05. The van der Waals surface area contributed by atoms with E-state index in [1.807, 2.05) is 13.8 Å². The van der Waals surface area contributed by atoms with Gasteiger partial charge < -0.3 is 15.2 Å². The third-order valence-corrected chi connectivity index (χ3v) is 2.53. The predicted molar refractivity (Wildman–Crippen MR) is 49.5 cm³/mol. The van der Waals surface area contributed by atoms with Crippen LogP contribution in [-0.2, 0) is 6.54 Å². The van der Waals surface area contributed by atoms with Crippen molar-refractivity contribution in [1.29, 1.82) is 0 Å². The number of aromatic nitrogens is 1. The van der Waals surface area contributed by atoms with Gasteiger partial charge in [-0.1, -0.05) is 5.16 Å². The summed E-state index contributed by atoms with van der Waals surface area (Å²) in [7, 11) is 0. The van der Waals surface area contributed by atoms with E-state index in [1.165, 1.54) is 5.56 Å². The molecule has 0 spiro atoms. The molecular formula is C9H15N3O. The summed E-state index contributed by atoms with van der Waals surface area (Å²) < 4.78 is 5.07. The molecule has 13 heavy (non-hydrogen) atoms. The Labute approximate surface area is 77.7 Å². The average molecular weight is 181 g/mol. The Hall–Kier alpha value is -0.870. The van der Waals surface area contributed by atoms with E-state index in [0.717, 1.165) is 31.1 Å². The van der Waals surface area contributed by atoms with Crippen molar-refractivity contribution in [2.45, 2.75) is 26.4 Å². The molecule has 1 aromatic rings. The van der Waals surface area contributed by atoms with Gasteiger partial charge in [0.15, 0.2) is 0 Å². The Morgan fingerprint density at radius 3 is 2.77 bits per heavy atom. The van der Waals surface area contributed by atoms with Gasteiger partial charge in [0.25, 0.3) is 0 Å². The van der Waals surface area contributed by atoms with Crippen LogP contribution in [-0.4, -0.2) is 24.3 Å². The second kappa shape index (κ2) is 3.47. The number of rotatable bonds is 3. The lowest BCUT2D eigenvalue weighted by atomic mass is 10.1. The standard InChI is InChI=1S/C9H15N3O/c1-6-9(7(2)13-12-6)5-11-8-3-10-4-8/h8,10-11H,3-5H2,1-2H3. The van der Waals surface area contributed by atoms with Crippen molar-refractivity contribution in [3.8, 4) is 0 Å². The van der Waals surface area contributed by atoms with Gasteiger partial charge >= 0.3 is 0 Å². The first-order valence-electron chi connectivity index (χ1n) is 4.63. The Morgan fingerprint density at radius 1 is 1.54 bits per heavy atom. The zero-order valence-electron chi connectivity index (χ0n) is 8.05. The van der Waals surface area contributed by atoms with Gasteiger partial charge in [-0.05, 0) is 13.8 Å². The molecule has 1 aromatic heterocycles. The minimum absolute atomic E-state index is 0.619. The number of nitrogens with zero attached hydrogens (tertiary/aromatic N) is 1. The number of hydrogen-bond donors (Lipinski definition) is 2. The van der Waals surface area contributed by atoms with Crippen molar-refractivity contribution in [1.82, 2.24) is 15.8 Å². The van der Waals surface area contributed by atoms with Gasteiger partial charge in [-0.3, -0.25) is 0 Å². The van der Waals surface area contributed by atoms with Crippen LogP contribution in [0.5, 0.6) is 0 Å². The van der Waals surface area contributed by atoms with Crippen molar-refractivity contribution in [2.24, 2.45) is 0 Å². The monoisotopic (exact) mass is 181 g/mol. The fourth-order valence-corrected chi connectivity index (χ4v) is 1.43. The normalized spacial score (nSPS) is 17.4. The second-order valence-corrected chi connectivity index (χ2v) is 3.54. The molecule has 0 amide bonds. The van der Waals surface area contributed by atoms with E-state index in [-0.39, 0.29) is 0 Å². The molecule has 0 atom stereocenters. The summed E-state index contributed by atoms with van der Waals surface area (Å²) >= 11 is 0. The SMILES string of the molecule is Cc1noc(C)c1CNC1CNC1. The maximum atomic E-state index is 5.07. The van der Waals surface area contributed by atoms with Crippen LogP contribution in [0.15, 0.2) is 4.52 Å². The van der Waals surface area contributed by atoms with E-state index < -0.39 is 0 Å². The third kappa shape index (κ3) is 1.73. The highest BCUT2D eigenvalue weighted by atomic mass is 16.5. The zero-order chi connectivity index (χ0) is 9.26. The van der Waals surface area contributed by atoms with Crippen LogP contribution in [0.4, 0.5) is 0 Å². The first-order valence-corrected chi connectivity index (χ1v) is 4.63. The minimum Gasteiger partial charge on any atom is -0.361 e. The van der Waals surface area contributed by atoms with Crippen LogP contribution in [0.3, 0.4) is 0 Å². The minimum atomic E-state index is 0.619. The smallest absolute Gasteiger partial charge is 0.138 e. The number of nitrogens with one attached hydrogen (secondary N) is 2. The maximum Gasteiger partial charge on any atom is 0.138 e. The fourth-order valence-electron chi connectivity index (χ4n) is 1.43. The molecule has 2 heterocycles. The van der Waals surface area contributed by atoms with Crippen molar-refractivity contribution in [3.63, 3.8) is 0 Å². The van der Waals surface area contributed by atoms with E-state index in [9.17, 15) is 0 Å². The van der Waals surface area contributed by atoms with Crippen LogP contribution >= 0.6 is 0 Å². The maximum absolute atomic E-state index is 5.07. The van der Waals surface area contributed by atoms with Crippen molar-refractivity contribution in [2.75, 3.05) is 13.1 Å². The van der Waals surface area contributed by atoms with Gasteiger partial charge in [0.2, 0.25) is 0 Å². The topological polar surface area (TPSA) is 50.1 Å². The largest absolute Gasteiger partial charge is 0.361 e. The molecule has 0 bridgehead atoms. The first-order chi connectivity index (χ1) is 6.27. The highest BCUT2D eigenvalue weighted by Gasteiger charge is 2.17. The Balaban J connectivity index is 1.92. The molecule has 4 nitrogen and oxygen atoms in total. The summed E-state index contributed by atoms with van der Waals surface area (Å²) in [4.78, 5) is 0. The molecular weight excluding hydrogens is 166 g/mol. The van der Waals surface area contributed by atoms with Crippen molar-refractivity contribution < 1.29 is 4.52 Å². The van der Waals surface area contributed by atoms with Gasteiger partial charge in [-0.2, -0.15) is 0 Å². The highest BCUT2D eigenvalue weighted by molar-refractivity contribution is 5.20. The molecule has 0 unspecified atom stereocenters. The van der Waals surface area contributed by atoms with Crippen LogP contribution in [0.1, 0.15) is 17.0 Å². The van der Waals surface area contributed by atoms with Gasteiger partial charge in [-0.15, -0.1) is 0 Å². The molecule has 1 aliphatic heterocycles. The summed E-state index contributed by atoms with van der Waals surface area (Å²) in [6.07, 6.45) is 0. The second-order valence-electron chi connectivity index (χ2n) is 3.54. The molecule has 72 valence electrons.